The third kappa shape index (κ3) is 5.89. The summed E-state index contributed by atoms with van der Waals surface area (Å²) in [6.45, 7) is 7.02. The van der Waals surface area contributed by atoms with Crippen molar-refractivity contribution < 1.29 is 27.5 Å². The number of rotatable bonds is 8. The molecule has 0 atom stereocenters. The van der Waals surface area contributed by atoms with Crippen LogP contribution in [0.5, 0.6) is 5.75 Å². The van der Waals surface area contributed by atoms with Crippen LogP contribution in [0.25, 0.3) is 15.3 Å². The van der Waals surface area contributed by atoms with E-state index >= 15 is 0 Å². The Morgan fingerprint density at radius 1 is 1.02 bits per heavy atom. The van der Waals surface area contributed by atoms with Gasteiger partial charge < -0.3 is 19.7 Å². The molecular weight excluding hydrogens is 568 g/mol. The SMILES string of the molecule is CCOC(=O)N1CCN(S(=O)(=O)c2ccc(C(=O)Nc3cc(C)nn3-c3nc4c(OCC)cccc4s3)cc2)CC1. The van der Waals surface area contributed by atoms with E-state index in [2.05, 4.69) is 10.4 Å². The summed E-state index contributed by atoms with van der Waals surface area (Å²) in [5, 5.41) is 7.95. The number of benzene rings is 2. The molecular formula is C27H30N6O6S2. The van der Waals surface area contributed by atoms with Gasteiger partial charge in [-0.05, 0) is 57.2 Å². The molecule has 2 aromatic heterocycles. The molecule has 1 N–H and O–H groups in total. The van der Waals surface area contributed by atoms with Crippen molar-refractivity contribution in [2.75, 3.05) is 44.7 Å². The molecule has 0 saturated carbocycles. The minimum absolute atomic E-state index is 0.0686. The third-order valence-electron chi connectivity index (χ3n) is 6.44. The largest absolute Gasteiger partial charge is 0.492 e. The number of carbonyl (C=O) groups excluding carboxylic acids is 2. The Balaban J connectivity index is 1.30. The first-order chi connectivity index (χ1) is 19.7. The van der Waals surface area contributed by atoms with Gasteiger partial charge >= 0.3 is 6.09 Å². The maximum Gasteiger partial charge on any atom is 0.409 e. The van der Waals surface area contributed by atoms with Crippen LogP contribution in [0.1, 0.15) is 29.9 Å². The van der Waals surface area contributed by atoms with Crippen LogP contribution in [0.4, 0.5) is 10.6 Å². The summed E-state index contributed by atoms with van der Waals surface area (Å²) in [4.78, 5) is 31.3. The van der Waals surface area contributed by atoms with Crippen molar-refractivity contribution in [3.05, 3.63) is 59.8 Å². The highest BCUT2D eigenvalue weighted by atomic mass is 32.2. The van der Waals surface area contributed by atoms with E-state index in [1.165, 1.54) is 44.8 Å². The number of para-hydroxylation sites is 1. The zero-order valence-corrected chi connectivity index (χ0v) is 24.5. The molecule has 2 aromatic carbocycles. The lowest BCUT2D eigenvalue weighted by molar-refractivity contribution is 0.0933. The molecule has 0 unspecified atom stereocenters. The molecule has 1 aliphatic heterocycles. The topological polar surface area (TPSA) is 136 Å². The number of hydrogen-bond acceptors (Lipinski definition) is 9. The van der Waals surface area contributed by atoms with Crippen molar-refractivity contribution in [3.63, 3.8) is 0 Å². The Labute approximate surface area is 241 Å². The van der Waals surface area contributed by atoms with Gasteiger partial charge in [-0.2, -0.15) is 14.1 Å². The minimum Gasteiger partial charge on any atom is -0.492 e. The first kappa shape index (κ1) is 28.5. The molecule has 0 bridgehead atoms. The molecule has 5 rings (SSSR count). The number of amides is 2. The summed E-state index contributed by atoms with van der Waals surface area (Å²) >= 11 is 1.42. The molecule has 0 aliphatic carbocycles. The fraction of sp³-hybridized carbons (Fsp3) is 0.333. The van der Waals surface area contributed by atoms with Crippen LogP contribution in [0, 0.1) is 6.92 Å². The van der Waals surface area contributed by atoms with E-state index in [0.717, 1.165) is 10.2 Å². The van der Waals surface area contributed by atoms with E-state index in [-0.39, 0.29) is 43.2 Å². The van der Waals surface area contributed by atoms with Gasteiger partial charge in [-0.25, -0.2) is 18.2 Å². The number of ether oxygens (including phenoxy) is 2. The van der Waals surface area contributed by atoms with Crippen LogP contribution in [0.2, 0.25) is 0 Å². The molecule has 1 saturated heterocycles. The smallest absolute Gasteiger partial charge is 0.409 e. The molecule has 12 nitrogen and oxygen atoms in total. The van der Waals surface area contributed by atoms with Crippen molar-refractivity contribution in [3.8, 4) is 10.9 Å². The lowest BCUT2D eigenvalue weighted by Gasteiger charge is -2.33. The number of aryl methyl sites for hydroxylation is 1. The number of sulfonamides is 1. The number of thiazole rings is 1. The average molecular weight is 599 g/mol. The van der Waals surface area contributed by atoms with Crippen LogP contribution in [-0.4, -0.2) is 83.8 Å². The van der Waals surface area contributed by atoms with Crippen LogP contribution in [-0.2, 0) is 14.8 Å². The van der Waals surface area contributed by atoms with Gasteiger partial charge in [0.05, 0.1) is 28.5 Å². The van der Waals surface area contributed by atoms with Gasteiger partial charge in [0, 0.05) is 37.8 Å². The number of fused-ring (bicyclic) bond motifs is 1. The first-order valence-corrected chi connectivity index (χ1v) is 15.4. The Kier molecular flexibility index (Phi) is 8.24. The normalized spacial score (nSPS) is 14.3. The molecule has 0 spiro atoms. The molecule has 41 heavy (non-hydrogen) atoms. The number of piperazine rings is 1. The van der Waals surface area contributed by atoms with Crippen molar-refractivity contribution in [2.45, 2.75) is 25.7 Å². The number of hydrogen-bond donors (Lipinski definition) is 1. The third-order valence-corrected chi connectivity index (χ3v) is 9.35. The average Bonchev–Trinajstić information content (AvgIpc) is 3.57. The predicted octanol–water partition coefficient (Wildman–Crippen LogP) is 3.90. The monoisotopic (exact) mass is 598 g/mol. The number of carbonyl (C=O) groups is 2. The molecule has 2 amide bonds. The van der Waals surface area contributed by atoms with E-state index in [1.54, 1.807) is 17.7 Å². The van der Waals surface area contributed by atoms with Crippen molar-refractivity contribution in [2.24, 2.45) is 0 Å². The first-order valence-electron chi connectivity index (χ1n) is 13.1. The molecule has 1 aliphatic rings. The van der Waals surface area contributed by atoms with E-state index in [1.807, 2.05) is 32.0 Å². The van der Waals surface area contributed by atoms with E-state index in [0.29, 0.717) is 29.0 Å². The second kappa shape index (κ2) is 11.8. The second-order valence-electron chi connectivity index (χ2n) is 9.18. The van der Waals surface area contributed by atoms with Gasteiger partial charge in [-0.15, -0.1) is 0 Å². The zero-order valence-electron chi connectivity index (χ0n) is 22.9. The number of nitrogens with one attached hydrogen (secondary N) is 1. The van der Waals surface area contributed by atoms with Gasteiger partial charge in [0.2, 0.25) is 15.2 Å². The van der Waals surface area contributed by atoms with Crippen molar-refractivity contribution in [1.82, 2.24) is 24.0 Å². The highest BCUT2D eigenvalue weighted by molar-refractivity contribution is 7.89. The summed E-state index contributed by atoms with van der Waals surface area (Å²) in [5.41, 5.74) is 1.69. The van der Waals surface area contributed by atoms with Crippen LogP contribution in [0.15, 0.2) is 53.4 Å². The summed E-state index contributed by atoms with van der Waals surface area (Å²) in [5.74, 6) is 0.688. The predicted molar refractivity (Wildman–Crippen MR) is 154 cm³/mol. The zero-order chi connectivity index (χ0) is 29.1. The van der Waals surface area contributed by atoms with Crippen LogP contribution < -0.4 is 10.1 Å². The maximum atomic E-state index is 13.2. The van der Waals surface area contributed by atoms with Crippen LogP contribution in [0.3, 0.4) is 0 Å². The highest BCUT2D eigenvalue weighted by Crippen LogP contribution is 2.33. The van der Waals surface area contributed by atoms with E-state index < -0.39 is 22.0 Å². The Bertz CT molecular complexity index is 1670. The summed E-state index contributed by atoms with van der Waals surface area (Å²) < 4.78 is 40.9. The molecule has 4 aromatic rings. The molecule has 0 radical (unpaired) electrons. The molecule has 3 heterocycles. The molecule has 14 heteroatoms. The lowest BCUT2D eigenvalue weighted by Crippen LogP contribution is -2.50. The number of nitrogens with zero attached hydrogens (tertiary/aromatic N) is 5. The summed E-state index contributed by atoms with van der Waals surface area (Å²) in [6.07, 6.45) is -0.449. The van der Waals surface area contributed by atoms with E-state index in [4.69, 9.17) is 14.5 Å². The van der Waals surface area contributed by atoms with Gasteiger partial charge in [-0.1, -0.05) is 17.4 Å². The molecule has 216 valence electrons. The van der Waals surface area contributed by atoms with Gasteiger partial charge in [-0.3, -0.25) is 4.79 Å². The highest BCUT2D eigenvalue weighted by Gasteiger charge is 2.30. The molecule has 1 fully saturated rings. The fourth-order valence-corrected chi connectivity index (χ4v) is 6.82. The Morgan fingerprint density at radius 3 is 2.44 bits per heavy atom. The number of anilines is 1. The van der Waals surface area contributed by atoms with E-state index in [9.17, 15) is 18.0 Å². The minimum atomic E-state index is -3.79. The fourth-order valence-electron chi connectivity index (χ4n) is 4.45. The van der Waals surface area contributed by atoms with Gasteiger partial charge in [0.25, 0.3) is 5.91 Å². The second-order valence-corrected chi connectivity index (χ2v) is 12.1. The van der Waals surface area contributed by atoms with Crippen LogP contribution >= 0.6 is 11.3 Å². The lowest BCUT2D eigenvalue weighted by atomic mass is 10.2. The standard InChI is InChI=1S/C27H30N6O6S2/c1-4-38-21-7-6-8-22-24(21)29-26(40-22)33-23(17-18(3)30-33)28-25(34)19-9-11-20(12-10-19)41(36,37)32-15-13-31(14-16-32)27(35)39-5-2/h6-12,17H,4-5,13-16H2,1-3H3,(H,28,34). The van der Waals surface area contributed by atoms with Gasteiger partial charge in [0.1, 0.15) is 17.1 Å². The Morgan fingerprint density at radius 2 is 1.76 bits per heavy atom. The van der Waals surface area contributed by atoms with Crippen molar-refractivity contribution in [1.29, 1.82) is 0 Å². The van der Waals surface area contributed by atoms with Gasteiger partial charge in [0.15, 0.2) is 0 Å². The van der Waals surface area contributed by atoms with Crippen molar-refractivity contribution >= 4 is 49.4 Å². The Hall–Kier alpha value is -4.01. The quantitative estimate of drug-likeness (QED) is 0.323. The number of aromatic nitrogens is 3. The summed E-state index contributed by atoms with van der Waals surface area (Å²) in [6, 6.07) is 13.2. The maximum absolute atomic E-state index is 13.2. The summed E-state index contributed by atoms with van der Waals surface area (Å²) in [7, 11) is -3.79.